The SMILES string of the molecule is Cc1ccccc1.ClP(Cl)(Cl)(Cl)Cl. The molecule has 0 heterocycles. The summed E-state index contributed by atoms with van der Waals surface area (Å²) in [5.74, 6) is 0. The Morgan fingerprint density at radius 2 is 1.15 bits per heavy atom. The van der Waals surface area contributed by atoms with Crippen molar-refractivity contribution in [2.75, 3.05) is 0 Å². The number of hydrogen-bond donors (Lipinski definition) is 0. The standard InChI is InChI=1S/C7H8.Cl5P/c1-7-5-3-2-4-6-7;1-6(2,3,4)5/h2-6H,1H3;. The summed E-state index contributed by atoms with van der Waals surface area (Å²) in [6.45, 7) is 2.08. The molecule has 0 aliphatic carbocycles. The van der Waals surface area contributed by atoms with E-state index in [9.17, 15) is 0 Å². The summed E-state index contributed by atoms with van der Waals surface area (Å²) in [6.07, 6.45) is 0. The first-order valence-corrected chi connectivity index (χ1v) is 10.0. The van der Waals surface area contributed by atoms with Crippen LogP contribution in [0.2, 0.25) is 0 Å². The summed E-state index contributed by atoms with van der Waals surface area (Å²) >= 11 is 24.9. The Bertz CT molecular complexity index is 234. The minimum atomic E-state index is -3.69. The molecule has 13 heavy (non-hydrogen) atoms. The Kier molecular flexibility index (Phi) is 5.70. The molecule has 0 saturated heterocycles. The van der Waals surface area contributed by atoms with Crippen LogP contribution >= 0.6 is 59.6 Å². The van der Waals surface area contributed by atoms with E-state index >= 15 is 0 Å². The van der Waals surface area contributed by atoms with Gasteiger partial charge in [-0.05, 0) is 6.92 Å². The fourth-order valence-electron chi connectivity index (χ4n) is 0.534. The summed E-state index contributed by atoms with van der Waals surface area (Å²) in [5, 5.41) is 0. The molecule has 0 aromatic heterocycles. The fourth-order valence-corrected chi connectivity index (χ4v) is 0.534. The quantitative estimate of drug-likeness (QED) is 0.493. The van der Waals surface area contributed by atoms with Gasteiger partial charge < -0.3 is 0 Å². The van der Waals surface area contributed by atoms with Gasteiger partial charge in [-0.3, -0.25) is 0 Å². The van der Waals surface area contributed by atoms with Crippen molar-refractivity contribution in [3.63, 3.8) is 0 Å². The van der Waals surface area contributed by atoms with Crippen LogP contribution < -0.4 is 0 Å². The van der Waals surface area contributed by atoms with Crippen molar-refractivity contribution in [1.82, 2.24) is 0 Å². The van der Waals surface area contributed by atoms with Gasteiger partial charge in [0, 0.05) is 0 Å². The molecule has 0 nitrogen and oxygen atoms in total. The van der Waals surface area contributed by atoms with Crippen LogP contribution in [0.3, 0.4) is 0 Å². The average Bonchev–Trinajstić information content (AvgIpc) is 1.83. The van der Waals surface area contributed by atoms with Crippen LogP contribution in [0.15, 0.2) is 30.3 Å². The van der Waals surface area contributed by atoms with Crippen LogP contribution in [0.25, 0.3) is 0 Å². The number of halogens is 5. The van der Waals surface area contributed by atoms with Crippen LogP contribution in [0, 0.1) is 6.92 Å². The van der Waals surface area contributed by atoms with Gasteiger partial charge >= 0.3 is 59.6 Å². The van der Waals surface area contributed by atoms with E-state index < -0.39 is 3.37 Å². The Hall–Kier alpha value is 1.10. The molecule has 1 aromatic carbocycles. The van der Waals surface area contributed by atoms with Crippen molar-refractivity contribution in [3.05, 3.63) is 35.9 Å². The molecule has 0 aliphatic heterocycles. The monoisotopic (exact) mass is 298 g/mol. The Morgan fingerprint density at radius 3 is 1.31 bits per heavy atom. The maximum absolute atomic E-state index is 4.98. The maximum atomic E-state index is 4.98. The third-order valence-electron chi connectivity index (χ3n) is 0.940. The topological polar surface area (TPSA) is 0 Å². The molecule has 1 rings (SSSR count). The van der Waals surface area contributed by atoms with E-state index in [0.717, 1.165) is 0 Å². The molecule has 0 spiro atoms. The van der Waals surface area contributed by atoms with Gasteiger partial charge in [0.15, 0.2) is 0 Å². The van der Waals surface area contributed by atoms with Crippen molar-refractivity contribution in [3.8, 4) is 0 Å². The Morgan fingerprint density at radius 1 is 0.846 bits per heavy atom. The zero-order valence-corrected chi connectivity index (χ0v) is 11.4. The van der Waals surface area contributed by atoms with Crippen LogP contribution in [-0.4, -0.2) is 0 Å². The van der Waals surface area contributed by atoms with Gasteiger partial charge in [0.05, 0.1) is 0 Å². The predicted molar refractivity (Wildman–Crippen MR) is 67.4 cm³/mol. The van der Waals surface area contributed by atoms with Gasteiger partial charge in [0.1, 0.15) is 0 Å². The molecule has 6 heteroatoms. The van der Waals surface area contributed by atoms with Crippen LogP contribution in [0.4, 0.5) is 0 Å². The van der Waals surface area contributed by atoms with Gasteiger partial charge in [-0.2, -0.15) is 0 Å². The Balaban J connectivity index is 0.000000226. The van der Waals surface area contributed by atoms with E-state index in [1.807, 2.05) is 18.2 Å². The summed E-state index contributed by atoms with van der Waals surface area (Å²) in [7, 11) is 0. The van der Waals surface area contributed by atoms with E-state index in [2.05, 4.69) is 19.1 Å². The third-order valence-corrected chi connectivity index (χ3v) is 0.940. The molecule has 0 atom stereocenters. The summed E-state index contributed by atoms with van der Waals surface area (Å²) in [6, 6.07) is 10.3. The van der Waals surface area contributed by atoms with Gasteiger partial charge in [0.2, 0.25) is 0 Å². The van der Waals surface area contributed by atoms with E-state index in [0.29, 0.717) is 0 Å². The molecular weight excluding hydrogens is 292 g/mol. The molecule has 0 fully saturated rings. The van der Waals surface area contributed by atoms with Crippen molar-refractivity contribution < 1.29 is 0 Å². The number of aryl methyl sites for hydroxylation is 1. The van der Waals surface area contributed by atoms with Crippen LogP contribution in [-0.2, 0) is 0 Å². The molecule has 76 valence electrons. The van der Waals surface area contributed by atoms with E-state index in [-0.39, 0.29) is 0 Å². The molecule has 0 amide bonds. The van der Waals surface area contributed by atoms with Crippen molar-refractivity contribution in [2.24, 2.45) is 0 Å². The molecule has 0 N–H and O–H groups in total. The molecule has 0 aliphatic rings. The summed E-state index contributed by atoms with van der Waals surface area (Å²) < 4.78 is -3.69. The fraction of sp³-hybridized carbons (Fsp3) is 0.143. The molecule has 1 aromatic rings. The van der Waals surface area contributed by atoms with Crippen molar-refractivity contribution >= 4 is 59.6 Å². The summed E-state index contributed by atoms with van der Waals surface area (Å²) in [5.41, 5.74) is 1.32. The first-order chi connectivity index (χ1) is 5.63. The van der Waals surface area contributed by atoms with Crippen LogP contribution in [0.1, 0.15) is 5.56 Å². The molecule has 0 bridgehead atoms. The van der Waals surface area contributed by atoms with E-state index in [1.54, 1.807) is 0 Å². The second kappa shape index (κ2) is 5.26. The second-order valence-corrected chi connectivity index (χ2v) is 18.9. The predicted octanol–water partition coefficient (Wildman–Crippen LogP) is 6.30. The normalized spacial score (nSPS) is 13.5. The van der Waals surface area contributed by atoms with Gasteiger partial charge in [0.25, 0.3) is 0 Å². The van der Waals surface area contributed by atoms with Crippen molar-refractivity contribution in [1.29, 1.82) is 0 Å². The molecule has 0 saturated carbocycles. The molecule has 0 radical (unpaired) electrons. The molecule has 0 unspecified atom stereocenters. The van der Waals surface area contributed by atoms with Crippen LogP contribution in [0.5, 0.6) is 0 Å². The number of rotatable bonds is 0. The molecular formula is C7H8Cl5P. The van der Waals surface area contributed by atoms with Gasteiger partial charge in [-0.15, -0.1) is 0 Å². The number of hydrogen-bond acceptors (Lipinski definition) is 0. The van der Waals surface area contributed by atoms with Gasteiger partial charge in [-0.1, -0.05) is 35.9 Å². The first-order valence-electron chi connectivity index (χ1n) is 3.26. The summed E-state index contributed by atoms with van der Waals surface area (Å²) in [4.78, 5) is 0. The zero-order chi connectivity index (χ0) is 10.6. The van der Waals surface area contributed by atoms with E-state index in [4.69, 9.17) is 56.2 Å². The Labute approximate surface area is 102 Å². The first kappa shape index (κ1) is 14.1. The minimum absolute atomic E-state index is 1.32. The second-order valence-electron chi connectivity index (χ2n) is 2.29. The zero-order valence-electron chi connectivity index (χ0n) is 6.72. The average molecular weight is 300 g/mol. The number of benzene rings is 1. The third kappa shape index (κ3) is 19.5. The van der Waals surface area contributed by atoms with Crippen molar-refractivity contribution in [2.45, 2.75) is 6.92 Å². The van der Waals surface area contributed by atoms with Gasteiger partial charge in [-0.25, -0.2) is 0 Å². The van der Waals surface area contributed by atoms with E-state index in [1.165, 1.54) is 5.56 Å².